The van der Waals surface area contributed by atoms with Gasteiger partial charge in [-0.25, -0.2) is 0 Å². The number of halogens is 3. The Hall–Kier alpha value is -3.09. The number of carbonyl (C=O) groups excluding carboxylic acids is 2. The van der Waals surface area contributed by atoms with Gasteiger partial charge >= 0.3 is 6.18 Å². The second-order valence-electron chi connectivity index (χ2n) is 9.33. The summed E-state index contributed by atoms with van der Waals surface area (Å²) in [5.74, 6) is -8.62. The summed E-state index contributed by atoms with van der Waals surface area (Å²) >= 11 is 0. The molecule has 12 heteroatoms. The van der Waals surface area contributed by atoms with E-state index in [1.54, 1.807) is 14.1 Å². The first kappa shape index (κ1) is 22.7. The molecule has 0 saturated carbocycles. The Morgan fingerprint density at radius 3 is 2.44 bits per heavy atom. The summed E-state index contributed by atoms with van der Waals surface area (Å²) in [5.41, 5.74) is 0.339. The summed E-state index contributed by atoms with van der Waals surface area (Å²) in [4.78, 5) is 26.9. The Morgan fingerprint density at radius 1 is 1.24 bits per heavy atom. The number of ether oxygens (including phenoxy) is 1. The van der Waals surface area contributed by atoms with Crippen molar-refractivity contribution >= 4 is 11.7 Å². The highest BCUT2D eigenvalue weighted by atomic mass is 19.4. The van der Waals surface area contributed by atoms with E-state index in [1.807, 2.05) is 0 Å². The molecule has 182 valence electrons. The number of epoxide rings is 1. The number of rotatable bonds is 2. The average Bonchev–Trinajstić information content (AvgIpc) is 3.32. The zero-order valence-electron chi connectivity index (χ0n) is 18.0. The molecule has 34 heavy (non-hydrogen) atoms. The van der Waals surface area contributed by atoms with E-state index in [-0.39, 0.29) is 18.4 Å². The standard InChI is InChI=1S/C22H21F3N2O7/c1-27(2)15-10-6-7-5-8-9(22(23,24)25)3-4-11(28)13(8)16(29)12(7)18(31)20(10)21(33,34-20)14(17(15)30)19(26)32/h3-4,7,10,15,28,30-31,33H,5-6H2,1-2H3,(H2,26,32)/t7?,10?,15-,20-,21?/m0/s1. The van der Waals surface area contributed by atoms with Crippen molar-refractivity contribution in [2.24, 2.45) is 17.6 Å². The highest BCUT2D eigenvalue weighted by Crippen LogP contribution is 2.68. The fraction of sp³-hybridized carbons (Fsp3) is 0.455. The van der Waals surface area contributed by atoms with Crippen LogP contribution < -0.4 is 5.73 Å². The lowest BCUT2D eigenvalue weighted by atomic mass is 9.60. The molecule has 1 spiro atoms. The third-order valence-electron chi connectivity index (χ3n) is 7.42. The average molecular weight is 482 g/mol. The number of allylic oxidation sites excluding steroid dienone is 1. The van der Waals surface area contributed by atoms with Crippen LogP contribution in [0.15, 0.2) is 34.8 Å². The number of hydrogen-bond acceptors (Lipinski definition) is 8. The van der Waals surface area contributed by atoms with E-state index < -0.39 is 86.7 Å². The van der Waals surface area contributed by atoms with Gasteiger partial charge in [-0.05, 0) is 50.6 Å². The second-order valence-corrected chi connectivity index (χ2v) is 9.33. The van der Waals surface area contributed by atoms with Crippen molar-refractivity contribution in [2.45, 2.75) is 36.4 Å². The number of amides is 1. The molecule has 1 aromatic carbocycles. The van der Waals surface area contributed by atoms with Crippen LogP contribution in [0.4, 0.5) is 13.2 Å². The van der Waals surface area contributed by atoms with E-state index in [0.717, 1.165) is 6.07 Å². The van der Waals surface area contributed by atoms with Gasteiger partial charge in [0.2, 0.25) is 5.79 Å². The maximum Gasteiger partial charge on any atom is 0.416 e. The number of primary amides is 1. The van der Waals surface area contributed by atoms with Crippen molar-refractivity contribution in [1.82, 2.24) is 4.90 Å². The summed E-state index contributed by atoms with van der Waals surface area (Å²) in [7, 11) is 3.11. The lowest BCUT2D eigenvalue weighted by Gasteiger charge is -2.46. The molecule has 1 fully saturated rings. The fourth-order valence-electron chi connectivity index (χ4n) is 6.13. The van der Waals surface area contributed by atoms with Crippen LogP contribution in [0.3, 0.4) is 0 Å². The van der Waals surface area contributed by atoms with Crippen LogP contribution in [0.2, 0.25) is 0 Å². The highest BCUT2D eigenvalue weighted by Gasteiger charge is 2.84. The van der Waals surface area contributed by atoms with Crippen LogP contribution in [-0.4, -0.2) is 68.5 Å². The second kappa shape index (κ2) is 6.52. The minimum atomic E-state index is -4.79. The largest absolute Gasteiger partial charge is 0.510 e. The van der Waals surface area contributed by atoms with Gasteiger partial charge in [0.05, 0.1) is 17.2 Å². The quantitative estimate of drug-likeness (QED) is 0.395. The van der Waals surface area contributed by atoms with E-state index >= 15 is 0 Å². The number of Topliss-reactive ketones (excluding diaryl/α,β-unsaturated/α-hetero) is 1. The monoisotopic (exact) mass is 482 g/mol. The fourth-order valence-corrected chi connectivity index (χ4v) is 6.13. The first-order valence-corrected chi connectivity index (χ1v) is 10.4. The number of fused-ring (bicyclic) bond motifs is 2. The molecule has 4 aliphatic rings. The summed E-state index contributed by atoms with van der Waals surface area (Å²) in [6, 6.07) is 0.455. The van der Waals surface area contributed by atoms with Gasteiger partial charge in [0, 0.05) is 11.5 Å². The third kappa shape index (κ3) is 2.50. The highest BCUT2D eigenvalue weighted by molar-refractivity contribution is 6.14. The molecule has 1 aromatic rings. The molecule has 9 nitrogen and oxygen atoms in total. The molecule has 0 aromatic heterocycles. The topological polar surface area (TPSA) is 157 Å². The van der Waals surface area contributed by atoms with Crippen molar-refractivity contribution in [1.29, 1.82) is 0 Å². The van der Waals surface area contributed by atoms with Crippen LogP contribution >= 0.6 is 0 Å². The van der Waals surface area contributed by atoms with Gasteiger partial charge in [-0.2, -0.15) is 13.2 Å². The summed E-state index contributed by atoms with van der Waals surface area (Å²) in [6.45, 7) is 0. The molecule has 5 rings (SSSR count). The normalized spacial score (nSPS) is 34.4. The van der Waals surface area contributed by atoms with Crippen molar-refractivity contribution in [3.05, 3.63) is 51.5 Å². The Labute approximate surface area is 190 Å². The number of aliphatic hydroxyl groups is 3. The Balaban J connectivity index is 1.74. The summed E-state index contributed by atoms with van der Waals surface area (Å²) in [6.07, 6.45) is -5.19. The van der Waals surface area contributed by atoms with Crippen LogP contribution in [-0.2, 0) is 22.1 Å². The molecule has 5 atom stereocenters. The van der Waals surface area contributed by atoms with Crippen LogP contribution in [0.1, 0.15) is 27.9 Å². The number of alkyl halides is 3. The van der Waals surface area contributed by atoms with E-state index in [1.165, 1.54) is 4.90 Å². The molecule has 3 aliphatic carbocycles. The van der Waals surface area contributed by atoms with Gasteiger partial charge in [0.25, 0.3) is 5.91 Å². The van der Waals surface area contributed by atoms with Crippen LogP contribution in [0.5, 0.6) is 5.75 Å². The number of nitrogens with two attached hydrogens (primary N) is 1. The predicted octanol–water partition coefficient (Wildman–Crippen LogP) is 1.30. The number of aromatic hydroxyl groups is 1. The number of hydrogen-bond donors (Lipinski definition) is 5. The van der Waals surface area contributed by atoms with Gasteiger partial charge in [-0.3, -0.25) is 14.5 Å². The van der Waals surface area contributed by atoms with Gasteiger partial charge in [-0.15, -0.1) is 0 Å². The van der Waals surface area contributed by atoms with E-state index in [0.29, 0.717) is 6.07 Å². The Kier molecular flexibility index (Phi) is 4.35. The molecule has 1 aliphatic heterocycles. The lowest BCUT2D eigenvalue weighted by Crippen LogP contribution is -2.57. The predicted molar refractivity (Wildman–Crippen MR) is 107 cm³/mol. The van der Waals surface area contributed by atoms with Gasteiger partial charge in [0.1, 0.15) is 22.8 Å². The molecular formula is C22H21F3N2O7. The van der Waals surface area contributed by atoms with Gasteiger partial charge in [0.15, 0.2) is 11.4 Å². The maximum absolute atomic E-state index is 13.7. The van der Waals surface area contributed by atoms with E-state index in [4.69, 9.17) is 10.5 Å². The first-order valence-electron chi connectivity index (χ1n) is 10.4. The number of benzene rings is 1. The van der Waals surface area contributed by atoms with Crippen molar-refractivity contribution in [3.63, 3.8) is 0 Å². The summed E-state index contributed by atoms with van der Waals surface area (Å²) < 4.78 is 46.5. The Bertz CT molecular complexity index is 1240. The van der Waals surface area contributed by atoms with Gasteiger partial charge in [-0.1, -0.05) is 0 Å². The number of nitrogens with zero attached hydrogens (tertiary/aromatic N) is 1. The Morgan fingerprint density at radius 2 is 1.88 bits per heavy atom. The van der Waals surface area contributed by atoms with E-state index in [9.17, 15) is 43.2 Å². The minimum absolute atomic E-state index is 0.0706. The van der Waals surface area contributed by atoms with Crippen molar-refractivity contribution < 1.29 is 47.9 Å². The number of ketones is 1. The number of aliphatic hydroxyl groups excluding tert-OH is 2. The SMILES string of the molecule is CN(C)[C@@H]1C(O)=C(C(N)=O)C2(O)O[C@@]23C(O)=C2C(=O)c4c(O)ccc(C(F)(F)F)c4CC2CC13. The minimum Gasteiger partial charge on any atom is -0.510 e. The smallest absolute Gasteiger partial charge is 0.416 e. The third-order valence-corrected chi connectivity index (χ3v) is 7.42. The molecule has 0 bridgehead atoms. The summed E-state index contributed by atoms with van der Waals surface area (Å²) in [5, 5.41) is 43.4. The molecule has 3 unspecified atom stereocenters. The van der Waals surface area contributed by atoms with Gasteiger partial charge < -0.3 is 30.9 Å². The molecule has 1 saturated heterocycles. The number of likely N-dealkylation sites (N-methyl/N-ethyl adjacent to an activating group) is 1. The number of carbonyl (C=O) groups is 2. The zero-order valence-corrected chi connectivity index (χ0v) is 18.0. The first-order chi connectivity index (χ1) is 15.7. The van der Waals surface area contributed by atoms with Crippen LogP contribution in [0.25, 0.3) is 0 Å². The van der Waals surface area contributed by atoms with Crippen molar-refractivity contribution in [2.75, 3.05) is 14.1 Å². The maximum atomic E-state index is 13.7. The van der Waals surface area contributed by atoms with Crippen molar-refractivity contribution in [3.8, 4) is 5.75 Å². The number of phenols is 1. The van der Waals surface area contributed by atoms with Crippen LogP contribution in [0, 0.1) is 11.8 Å². The molecule has 1 amide bonds. The lowest BCUT2D eigenvalue weighted by molar-refractivity contribution is -0.138. The molecule has 1 heterocycles. The zero-order chi connectivity index (χ0) is 25.1. The number of phenolic OH excluding ortho intramolecular Hbond substituents is 1. The molecule has 0 radical (unpaired) electrons. The molecule has 6 N–H and O–H groups in total. The molecular weight excluding hydrogens is 461 g/mol. The van der Waals surface area contributed by atoms with E-state index in [2.05, 4.69) is 0 Å².